The van der Waals surface area contributed by atoms with Crippen LogP contribution in [-0.2, 0) is 6.42 Å². The molecule has 2 aromatic rings. The number of aromatic amines is 1. The molecule has 1 atom stereocenters. The molecule has 1 unspecified atom stereocenters. The fourth-order valence-electron chi connectivity index (χ4n) is 2.23. The first kappa shape index (κ1) is 9.72. The molecule has 0 radical (unpaired) electrons. The zero-order chi connectivity index (χ0) is 10.8. The molecule has 1 saturated heterocycles. The van der Waals surface area contributed by atoms with E-state index in [1.165, 1.54) is 19.2 Å². The van der Waals surface area contributed by atoms with Gasteiger partial charge in [-0.1, -0.05) is 0 Å². The van der Waals surface area contributed by atoms with Crippen LogP contribution in [-0.4, -0.2) is 33.0 Å². The van der Waals surface area contributed by atoms with Gasteiger partial charge < -0.3 is 10.3 Å². The Morgan fingerprint density at radius 1 is 1.44 bits per heavy atom. The molecule has 0 aliphatic carbocycles. The van der Waals surface area contributed by atoms with E-state index in [-0.39, 0.29) is 0 Å². The van der Waals surface area contributed by atoms with Gasteiger partial charge in [0.05, 0.1) is 6.20 Å². The van der Waals surface area contributed by atoms with Crippen molar-refractivity contribution < 1.29 is 0 Å². The molecule has 1 fully saturated rings. The van der Waals surface area contributed by atoms with Crippen LogP contribution < -0.4 is 5.32 Å². The molecule has 16 heavy (non-hydrogen) atoms. The van der Waals surface area contributed by atoms with Crippen molar-refractivity contribution in [1.29, 1.82) is 0 Å². The van der Waals surface area contributed by atoms with Crippen LogP contribution in [0, 0.1) is 5.92 Å². The number of hydrogen-bond acceptors (Lipinski definition) is 4. The molecule has 1 aliphatic heterocycles. The van der Waals surface area contributed by atoms with Crippen molar-refractivity contribution in [2.45, 2.75) is 19.3 Å². The number of rotatable bonds is 3. The van der Waals surface area contributed by atoms with Gasteiger partial charge in [0.2, 0.25) is 0 Å². The highest BCUT2D eigenvalue weighted by Crippen LogP contribution is 2.15. The number of fused-ring (bicyclic) bond motifs is 1. The Labute approximate surface area is 93.7 Å². The van der Waals surface area contributed by atoms with Crippen LogP contribution in [0.15, 0.2) is 12.5 Å². The molecular formula is C11H15N5. The second kappa shape index (κ2) is 4.17. The van der Waals surface area contributed by atoms with E-state index in [1.54, 1.807) is 6.20 Å². The summed E-state index contributed by atoms with van der Waals surface area (Å²) in [6.45, 7) is 2.32. The molecule has 0 bridgehead atoms. The Morgan fingerprint density at radius 3 is 3.25 bits per heavy atom. The molecule has 0 amide bonds. The third-order valence-corrected chi connectivity index (χ3v) is 3.16. The standard InChI is InChI=1S/C11H15N5/c1(8-3-4-12-5-8)2-10-15-9-6-13-7-14-11(9)16-10/h6-8,12H,1-5H2,(H,13,14,15,16). The molecule has 0 aromatic carbocycles. The van der Waals surface area contributed by atoms with Gasteiger partial charge in [0.25, 0.3) is 0 Å². The van der Waals surface area contributed by atoms with E-state index in [9.17, 15) is 0 Å². The van der Waals surface area contributed by atoms with Crippen molar-refractivity contribution in [3.8, 4) is 0 Å². The Morgan fingerprint density at radius 2 is 2.44 bits per heavy atom. The predicted octanol–water partition coefficient (Wildman–Crippen LogP) is 0.895. The molecule has 5 heteroatoms. The van der Waals surface area contributed by atoms with Gasteiger partial charge in [-0.2, -0.15) is 0 Å². The van der Waals surface area contributed by atoms with E-state index in [0.717, 1.165) is 42.4 Å². The van der Waals surface area contributed by atoms with Crippen molar-refractivity contribution >= 4 is 11.2 Å². The Kier molecular flexibility index (Phi) is 2.53. The second-order valence-electron chi connectivity index (χ2n) is 4.34. The van der Waals surface area contributed by atoms with Gasteiger partial charge in [-0.25, -0.2) is 15.0 Å². The predicted molar refractivity (Wildman–Crippen MR) is 61.0 cm³/mol. The fourth-order valence-corrected chi connectivity index (χ4v) is 2.23. The SMILES string of the molecule is c1ncc2[nH]c(CCC3CCNC3)nc2n1. The van der Waals surface area contributed by atoms with Crippen molar-refractivity contribution in [2.24, 2.45) is 5.92 Å². The number of H-pyrrole nitrogens is 1. The molecule has 1 aliphatic rings. The number of aromatic nitrogens is 4. The lowest BCUT2D eigenvalue weighted by molar-refractivity contribution is 0.526. The number of nitrogens with one attached hydrogen (secondary N) is 2. The topological polar surface area (TPSA) is 66.5 Å². The van der Waals surface area contributed by atoms with Gasteiger partial charge >= 0.3 is 0 Å². The van der Waals surface area contributed by atoms with E-state index in [4.69, 9.17) is 0 Å². The van der Waals surface area contributed by atoms with E-state index < -0.39 is 0 Å². The van der Waals surface area contributed by atoms with Gasteiger partial charge in [-0.15, -0.1) is 0 Å². The summed E-state index contributed by atoms with van der Waals surface area (Å²) in [5.74, 6) is 1.83. The summed E-state index contributed by atoms with van der Waals surface area (Å²) in [6, 6.07) is 0. The zero-order valence-corrected chi connectivity index (χ0v) is 9.11. The summed E-state index contributed by atoms with van der Waals surface area (Å²) >= 11 is 0. The van der Waals surface area contributed by atoms with Crippen molar-refractivity contribution in [3.63, 3.8) is 0 Å². The largest absolute Gasteiger partial charge is 0.339 e. The average molecular weight is 217 g/mol. The van der Waals surface area contributed by atoms with Crippen LogP contribution in [0.25, 0.3) is 11.2 Å². The number of aryl methyl sites for hydroxylation is 1. The normalized spacial score (nSPS) is 20.6. The first-order chi connectivity index (χ1) is 7.92. The maximum atomic E-state index is 4.45. The van der Waals surface area contributed by atoms with E-state index in [1.807, 2.05) is 0 Å². The molecule has 0 saturated carbocycles. The molecule has 0 spiro atoms. The van der Waals surface area contributed by atoms with Crippen LogP contribution >= 0.6 is 0 Å². The molecule has 5 nitrogen and oxygen atoms in total. The monoisotopic (exact) mass is 217 g/mol. The van der Waals surface area contributed by atoms with Crippen LogP contribution in [0.1, 0.15) is 18.7 Å². The number of hydrogen-bond donors (Lipinski definition) is 2. The Hall–Kier alpha value is -1.49. The summed E-state index contributed by atoms with van der Waals surface area (Å²) in [5.41, 5.74) is 1.71. The fraction of sp³-hybridized carbons (Fsp3) is 0.545. The van der Waals surface area contributed by atoms with Crippen molar-refractivity contribution in [2.75, 3.05) is 13.1 Å². The van der Waals surface area contributed by atoms with Gasteiger partial charge in [0, 0.05) is 6.42 Å². The third kappa shape index (κ3) is 1.90. The molecule has 2 N–H and O–H groups in total. The van der Waals surface area contributed by atoms with Crippen molar-refractivity contribution in [3.05, 3.63) is 18.3 Å². The Balaban J connectivity index is 1.69. The zero-order valence-electron chi connectivity index (χ0n) is 9.11. The quantitative estimate of drug-likeness (QED) is 0.801. The van der Waals surface area contributed by atoms with E-state index >= 15 is 0 Å². The van der Waals surface area contributed by atoms with Crippen LogP contribution in [0.5, 0.6) is 0 Å². The highest BCUT2D eigenvalue weighted by Gasteiger charge is 2.14. The minimum atomic E-state index is 0.773. The highest BCUT2D eigenvalue weighted by molar-refractivity contribution is 5.68. The smallest absolute Gasteiger partial charge is 0.180 e. The summed E-state index contributed by atoms with van der Waals surface area (Å²) in [7, 11) is 0. The van der Waals surface area contributed by atoms with E-state index in [0.29, 0.717) is 0 Å². The lowest BCUT2D eigenvalue weighted by Crippen LogP contribution is -2.09. The highest BCUT2D eigenvalue weighted by atomic mass is 15.0. The number of imidazole rings is 1. The average Bonchev–Trinajstić information content (AvgIpc) is 2.95. The van der Waals surface area contributed by atoms with Crippen LogP contribution in [0.2, 0.25) is 0 Å². The maximum Gasteiger partial charge on any atom is 0.180 e. The third-order valence-electron chi connectivity index (χ3n) is 3.16. The molecule has 3 rings (SSSR count). The molecule has 3 heterocycles. The molecule has 2 aromatic heterocycles. The van der Waals surface area contributed by atoms with Gasteiger partial charge in [-0.05, 0) is 31.8 Å². The van der Waals surface area contributed by atoms with Crippen LogP contribution in [0.4, 0.5) is 0 Å². The van der Waals surface area contributed by atoms with Crippen molar-refractivity contribution in [1.82, 2.24) is 25.3 Å². The molecular weight excluding hydrogens is 202 g/mol. The van der Waals surface area contributed by atoms with E-state index in [2.05, 4.69) is 25.3 Å². The number of nitrogens with zero attached hydrogens (tertiary/aromatic N) is 3. The Bertz CT molecular complexity index is 439. The maximum absolute atomic E-state index is 4.45. The first-order valence-electron chi connectivity index (χ1n) is 5.77. The second-order valence-corrected chi connectivity index (χ2v) is 4.34. The lowest BCUT2D eigenvalue weighted by atomic mass is 10.0. The lowest BCUT2D eigenvalue weighted by Gasteiger charge is -2.04. The van der Waals surface area contributed by atoms with Crippen LogP contribution in [0.3, 0.4) is 0 Å². The minimum Gasteiger partial charge on any atom is -0.339 e. The van der Waals surface area contributed by atoms with Gasteiger partial charge in [0.1, 0.15) is 17.7 Å². The minimum absolute atomic E-state index is 0.773. The van der Waals surface area contributed by atoms with Gasteiger partial charge in [0.15, 0.2) is 5.65 Å². The molecule has 84 valence electrons. The van der Waals surface area contributed by atoms with Gasteiger partial charge in [-0.3, -0.25) is 0 Å². The summed E-state index contributed by atoms with van der Waals surface area (Å²) in [5, 5.41) is 3.38. The summed E-state index contributed by atoms with van der Waals surface area (Å²) < 4.78 is 0. The summed E-state index contributed by atoms with van der Waals surface area (Å²) in [4.78, 5) is 15.8. The summed E-state index contributed by atoms with van der Waals surface area (Å²) in [6.07, 6.45) is 6.80. The first-order valence-corrected chi connectivity index (χ1v) is 5.77.